The standard InChI is InChI=1S/C16H10BrN3O/c1-10-2-5-15(17)14(6-10)16(21)20-13-4-3-11(8-18)12(7-13)9-19/h2-7H,1H3,(H,20,21). The molecular weight excluding hydrogens is 330 g/mol. The summed E-state index contributed by atoms with van der Waals surface area (Å²) in [7, 11) is 0. The zero-order chi connectivity index (χ0) is 15.4. The zero-order valence-electron chi connectivity index (χ0n) is 11.1. The Labute approximate surface area is 130 Å². The Morgan fingerprint density at radius 3 is 2.48 bits per heavy atom. The highest BCUT2D eigenvalue weighted by Gasteiger charge is 2.11. The number of nitriles is 2. The van der Waals surface area contributed by atoms with Crippen molar-refractivity contribution < 1.29 is 4.79 Å². The predicted molar refractivity (Wildman–Crippen MR) is 82.7 cm³/mol. The van der Waals surface area contributed by atoms with Crippen molar-refractivity contribution in [3.05, 3.63) is 63.1 Å². The summed E-state index contributed by atoms with van der Waals surface area (Å²) in [4.78, 5) is 12.3. The van der Waals surface area contributed by atoms with Gasteiger partial charge in [0.2, 0.25) is 0 Å². The number of carbonyl (C=O) groups excluding carboxylic acids is 1. The molecule has 102 valence electrons. The number of halogens is 1. The molecule has 2 rings (SSSR count). The highest BCUT2D eigenvalue weighted by molar-refractivity contribution is 9.10. The van der Waals surface area contributed by atoms with E-state index < -0.39 is 0 Å². The van der Waals surface area contributed by atoms with Gasteiger partial charge in [-0.25, -0.2) is 0 Å². The molecule has 2 aromatic rings. The fourth-order valence-electron chi connectivity index (χ4n) is 1.82. The van der Waals surface area contributed by atoms with Gasteiger partial charge in [-0.15, -0.1) is 0 Å². The molecule has 0 unspecified atom stereocenters. The van der Waals surface area contributed by atoms with Crippen LogP contribution in [0.2, 0.25) is 0 Å². The number of benzene rings is 2. The van der Waals surface area contributed by atoms with Crippen LogP contribution >= 0.6 is 15.9 Å². The van der Waals surface area contributed by atoms with E-state index >= 15 is 0 Å². The molecule has 0 saturated carbocycles. The fourth-order valence-corrected chi connectivity index (χ4v) is 2.25. The Kier molecular flexibility index (Phi) is 4.37. The summed E-state index contributed by atoms with van der Waals surface area (Å²) in [5.74, 6) is -0.279. The summed E-state index contributed by atoms with van der Waals surface area (Å²) in [6, 6.07) is 13.9. The lowest BCUT2D eigenvalue weighted by molar-refractivity contribution is 0.102. The molecule has 0 heterocycles. The molecule has 1 N–H and O–H groups in total. The molecular formula is C16H10BrN3O. The first kappa shape index (κ1) is 14.8. The number of rotatable bonds is 2. The summed E-state index contributed by atoms with van der Waals surface area (Å²) >= 11 is 3.34. The van der Waals surface area contributed by atoms with E-state index in [2.05, 4.69) is 21.2 Å². The van der Waals surface area contributed by atoms with E-state index in [-0.39, 0.29) is 17.0 Å². The molecule has 0 aliphatic heterocycles. The first-order valence-electron chi connectivity index (χ1n) is 6.07. The molecule has 4 nitrogen and oxygen atoms in total. The van der Waals surface area contributed by atoms with Crippen molar-refractivity contribution in [2.24, 2.45) is 0 Å². The number of amides is 1. The second-order valence-electron chi connectivity index (χ2n) is 4.42. The quantitative estimate of drug-likeness (QED) is 0.904. The van der Waals surface area contributed by atoms with Crippen molar-refractivity contribution in [1.29, 1.82) is 10.5 Å². The summed E-state index contributed by atoms with van der Waals surface area (Å²) in [6.45, 7) is 1.90. The molecule has 21 heavy (non-hydrogen) atoms. The zero-order valence-corrected chi connectivity index (χ0v) is 12.7. The van der Waals surface area contributed by atoms with Crippen molar-refractivity contribution in [2.75, 3.05) is 5.32 Å². The van der Waals surface area contributed by atoms with Gasteiger partial charge in [-0.05, 0) is 53.2 Å². The van der Waals surface area contributed by atoms with E-state index in [4.69, 9.17) is 10.5 Å². The van der Waals surface area contributed by atoms with Crippen LogP contribution in [0.3, 0.4) is 0 Å². The Morgan fingerprint density at radius 2 is 1.81 bits per heavy atom. The lowest BCUT2D eigenvalue weighted by Crippen LogP contribution is -2.13. The van der Waals surface area contributed by atoms with Gasteiger partial charge >= 0.3 is 0 Å². The third kappa shape index (κ3) is 3.28. The molecule has 0 aliphatic carbocycles. The molecule has 0 radical (unpaired) electrons. The Morgan fingerprint density at radius 1 is 1.10 bits per heavy atom. The van der Waals surface area contributed by atoms with Crippen LogP contribution in [0, 0.1) is 29.6 Å². The Bertz CT molecular complexity index is 800. The number of nitrogens with one attached hydrogen (secondary N) is 1. The maximum atomic E-state index is 12.3. The number of anilines is 1. The van der Waals surface area contributed by atoms with Crippen LogP contribution in [-0.2, 0) is 0 Å². The van der Waals surface area contributed by atoms with Crippen molar-refractivity contribution in [1.82, 2.24) is 0 Å². The smallest absolute Gasteiger partial charge is 0.256 e. The number of nitrogens with zero attached hydrogens (tertiary/aromatic N) is 2. The summed E-state index contributed by atoms with van der Waals surface area (Å²) in [5.41, 5.74) is 2.48. The van der Waals surface area contributed by atoms with Crippen molar-refractivity contribution >= 4 is 27.5 Å². The van der Waals surface area contributed by atoms with Crippen LogP contribution in [0.4, 0.5) is 5.69 Å². The predicted octanol–water partition coefficient (Wildman–Crippen LogP) is 3.75. The van der Waals surface area contributed by atoms with Gasteiger partial charge < -0.3 is 5.32 Å². The first-order valence-corrected chi connectivity index (χ1v) is 6.86. The van der Waals surface area contributed by atoms with Crippen molar-refractivity contribution in [2.45, 2.75) is 6.92 Å². The Hall–Kier alpha value is -2.63. The van der Waals surface area contributed by atoms with Gasteiger partial charge in [0.25, 0.3) is 5.91 Å². The third-order valence-corrected chi connectivity index (χ3v) is 3.58. The third-order valence-electron chi connectivity index (χ3n) is 2.88. The highest BCUT2D eigenvalue weighted by Crippen LogP contribution is 2.21. The van der Waals surface area contributed by atoms with Crippen LogP contribution in [0.5, 0.6) is 0 Å². The van der Waals surface area contributed by atoms with E-state index in [0.29, 0.717) is 15.7 Å². The van der Waals surface area contributed by atoms with E-state index in [0.717, 1.165) is 5.56 Å². The van der Waals surface area contributed by atoms with Gasteiger partial charge in [-0.3, -0.25) is 4.79 Å². The monoisotopic (exact) mass is 339 g/mol. The molecule has 0 aliphatic rings. The molecule has 1 amide bonds. The van der Waals surface area contributed by atoms with Crippen LogP contribution in [-0.4, -0.2) is 5.91 Å². The van der Waals surface area contributed by atoms with Crippen molar-refractivity contribution in [3.63, 3.8) is 0 Å². The van der Waals surface area contributed by atoms with E-state index in [9.17, 15) is 4.79 Å². The lowest BCUT2D eigenvalue weighted by atomic mass is 10.1. The number of hydrogen-bond donors (Lipinski definition) is 1. The van der Waals surface area contributed by atoms with Crippen LogP contribution in [0.15, 0.2) is 40.9 Å². The van der Waals surface area contributed by atoms with Gasteiger partial charge in [0.1, 0.15) is 12.1 Å². The molecule has 0 saturated heterocycles. The van der Waals surface area contributed by atoms with E-state index in [1.54, 1.807) is 12.1 Å². The number of carbonyl (C=O) groups is 1. The lowest BCUT2D eigenvalue weighted by Gasteiger charge is -2.08. The normalized spacial score (nSPS) is 9.52. The average Bonchev–Trinajstić information content (AvgIpc) is 2.49. The van der Waals surface area contributed by atoms with Gasteiger partial charge in [0.15, 0.2) is 0 Å². The van der Waals surface area contributed by atoms with Crippen molar-refractivity contribution in [3.8, 4) is 12.1 Å². The summed E-state index contributed by atoms with van der Waals surface area (Å²) in [6.07, 6.45) is 0. The van der Waals surface area contributed by atoms with Gasteiger partial charge in [-0.1, -0.05) is 11.6 Å². The SMILES string of the molecule is Cc1ccc(Br)c(C(=O)Nc2ccc(C#N)c(C#N)c2)c1. The molecule has 0 atom stereocenters. The van der Waals surface area contributed by atoms with E-state index in [1.165, 1.54) is 12.1 Å². The maximum absolute atomic E-state index is 12.3. The molecule has 2 aromatic carbocycles. The average molecular weight is 340 g/mol. The minimum Gasteiger partial charge on any atom is -0.322 e. The number of aryl methyl sites for hydroxylation is 1. The Balaban J connectivity index is 2.30. The summed E-state index contributed by atoms with van der Waals surface area (Å²) < 4.78 is 0.694. The summed E-state index contributed by atoms with van der Waals surface area (Å²) in [5, 5.41) is 20.6. The minimum atomic E-state index is -0.279. The first-order chi connectivity index (χ1) is 10.0. The largest absolute Gasteiger partial charge is 0.322 e. The maximum Gasteiger partial charge on any atom is 0.256 e. The molecule has 5 heteroatoms. The van der Waals surface area contributed by atoms with E-state index in [1.807, 2.05) is 31.2 Å². The second kappa shape index (κ2) is 6.21. The van der Waals surface area contributed by atoms with Gasteiger partial charge in [0, 0.05) is 10.2 Å². The number of hydrogen-bond acceptors (Lipinski definition) is 3. The second-order valence-corrected chi connectivity index (χ2v) is 5.28. The molecule has 0 bridgehead atoms. The van der Waals surface area contributed by atoms with Gasteiger partial charge in [-0.2, -0.15) is 10.5 Å². The minimum absolute atomic E-state index is 0.235. The molecule has 0 spiro atoms. The van der Waals surface area contributed by atoms with Crippen LogP contribution in [0.25, 0.3) is 0 Å². The fraction of sp³-hybridized carbons (Fsp3) is 0.0625. The highest BCUT2D eigenvalue weighted by atomic mass is 79.9. The topological polar surface area (TPSA) is 76.7 Å². The van der Waals surface area contributed by atoms with Crippen LogP contribution < -0.4 is 5.32 Å². The molecule has 0 aromatic heterocycles. The van der Waals surface area contributed by atoms with Crippen LogP contribution in [0.1, 0.15) is 27.0 Å². The molecule has 0 fully saturated rings. The van der Waals surface area contributed by atoms with Gasteiger partial charge in [0.05, 0.1) is 16.7 Å².